The van der Waals surface area contributed by atoms with E-state index < -0.39 is 0 Å². The minimum Gasteiger partial charge on any atom is -0.336 e. The quantitative estimate of drug-likeness (QED) is 0.730. The Kier molecular flexibility index (Phi) is 5.00. The number of aryl methyl sites for hydroxylation is 2. The summed E-state index contributed by atoms with van der Waals surface area (Å²) in [5.41, 5.74) is 2.19. The van der Waals surface area contributed by atoms with Crippen LogP contribution in [0.3, 0.4) is 0 Å². The van der Waals surface area contributed by atoms with Crippen molar-refractivity contribution in [2.75, 3.05) is 18.4 Å². The second-order valence-corrected chi connectivity index (χ2v) is 8.39. The first-order valence-electron chi connectivity index (χ1n) is 9.26. The molecule has 6 nitrogen and oxygen atoms in total. The number of aromatic nitrogens is 2. The molecular weight excluding hydrogens is 372 g/mol. The molecule has 2 aromatic heterocycles. The van der Waals surface area contributed by atoms with Crippen molar-refractivity contribution in [1.82, 2.24) is 14.5 Å². The summed E-state index contributed by atoms with van der Waals surface area (Å²) < 4.78 is 2.05. The van der Waals surface area contributed by atoms with Gasteiger partial charge < -0.3 is 14.8 Å². The summed E-state index contributed by atoms with van der Waals surface area (Å²) >= 11 is 1.46. The number of amides is 2. The van der Waals surface area contributed by atoms with E-state index in [1.54, 1.807) is 18.6 Å². The van der Waals surface area contributed by atoms with Gasteiger partial charge >= 0.3 is 0 Å². The van der Waals surface area contributed by atoms with Crippen molar-refractivity contribution in [3.8, 4) is 0 Å². The molecule has 3 aromatic rings. The van der Waals surface area contributed by atoms with Gasteiger partial charge in [-0.3, -0.25) is 9.59 Å². The molecule has 28 heavy (non-hydrogen) atoms. The molecule has 0 saturated carbocycles. The minimum absolute atomic E-state index is 0.00918. The number of thiophene rings is 1. The number of hydrogen-bond acceptors (Lipinski definition) is 4. The number of carbonyl (C=O) groups is 2. The first-order chi connectivity index (χ1) is 13.5. The molecule has 1 unspecified atom stereocenters. The second-order valence-electron chi connectivity index (χ2n) is 7.10. The number of nitrogens with zero attached hydrogens (tertiary/aromatic N) is 3. The second kappa shape index (κ2) is 7.59. The fourth-order valence-corrected chi connectivity index (χ4v) is 4.23. The highest BCUT2D eigenvalue weighted by Gasteiger charge is 2.28. The monoisotopic (exact) mass is 394 g/mol. The first kappa shape index (κ1) is 18.4. The molecular formula is C21H22N4O2S. The van der Waals surface area contributed by atoms with Crippen molar-refractivity contribution in [3.05, 3.63) is 69.9 Å². The summed E-state index contributed by atoms with van der Waals surface area (Å²) in [6.45, 7) is 5.28. The van der Waals surface area contributed by atoms with E-state index in [0.29, 0.717) is 29.2 Å². The molecule has 144 valence electrons. The number of hydrogen-bond donors (Lipinski definition) is 1. The standard InChI is InChI=1S/C21H22N4O2S/c1-14-3-5-16(11-18(14)23-20(26)19-6-4-15(2)28-19)21(27)24-9-7-17(12-24)25-10-8-22-13-25/h3-6,8,10-11,13,17H,7,9,12H2,1-2H3,(H,23,26). The van der Waals surface area contributed by atoms with Crippen molar-refractivity contribution in [1.29, 1.82) is 0 Å². The van der Waals surface area contributed by atoms with Crippen LogP contribution in [-0.4, -0.2) is 39.4 Å². The van der Waals surface area contributed by atoms with E-state index in [4.69, 9.17) is 0 Å². The Bertz CT molecular complexity index is 1010. The molecule has 1 aliphatic heterocycles. The van der Waals surface area contributed by atoms with Gasteiger partial charge in [0, 0.05) is 41.6 Å². The predicted molar refractivity (Wildman–Crippen MR) is 110 cm³/mol. The number of anilines is 1. The van der Waals surface area contributed by atoms with Crippen LogP contribution in [0.2, 0.25) is 0 Å². The fourth-order valence-electron chi connectivity index (χ4n) is 3.47. The van der Waals surface area contributed by atoms with Crippen LogP contribution in [0.4, 0.5) is 5.69 Å². The van der Waals surface area contributed by atoms with Gasteiger partial charge in [-0.05, 0) is 50.1 Å². The Labute approximate surface area is 167 Å². The van der Waals surface area contributed by atoms with Gasteiger partial charge in [0.25, 0.3) is 11.8 Å². The topological polar surface area (TPSA) is 67.2 Å². The van der Waals surface area contributed by atoms with E-state index in [0.717, 1.165) is 16.9 Å². The lowest BCUT2D eigenvalue weighted by Gasteiger charge is -2.18. The molecule has 1 aliphatic rings. The molecule has 1 atom stereocenters. The van der Waals surface area contributed by atoms with Crippen molar-refractivity contribution < 1.29 is 9.59 Å². The maximum atomic E-state index is 13.0. The molecule has 0 spiro atoms. The molecule has 2 amide bonds. The van der Waals surface area contributed by atoms with Crippen molar-refractivity contribution in [2.24, 2.45) is 0 Å². The van der Waals surface area contributed by atoms with Gasteiger partial charge in [0.05, 0.1) is 17.2 Å². The van der Waals surface area contributed by atoms with Gasteiger partial charge in [-0.2, -0.15) is 0 Å². The predicted octanol–water partition coefficient (Wildman–Crippen LogP) is 3.90. The number of imidazole rings is 1. The Hall–Kier alpha value is -2.93. The number of benzene rings is 1. The summed E-state index contributed by atoms with van der Waals surface area (Å²) in [4.78, 5) is 33.2. The zero-order chi connectivity index (χ0) is 19.7. The van der Waals surface area contributed by atoms with Gasteiger partial charge in [-0.1, -0.05) is 6.07 Å². The van der Waals surface area contributed by atoms with E-state index in [1.165, 1.54) is 11.3 Å². The number of nitrogens with one attached hydrogen (secondary N) is 1. The van der Waals surface area contributed by atoms with Crippen molar-refractivity contribution in [2.45, 2.75) is 26.3 Å². The maximum absolute atomic E-state index is 13.0. The SMILES string of the molecule is Cc1ccc(C(=O)Nc2cc(C(=O)N3CCC(n4ccnc4)C3)ccc2C)s1. The zero-order valence-electron chi connectivity index (χ0n) is 15.9. The lowest BCUT2D eigenvalue weighted by molar-refractivity contribution is 0.0787. The third-order valence-corrected chi connectivity index (χ3v) is 6.09. The summed E-state index contributed by atoms with van der Waals surface area (Å²) in [6.07, 6.45) is 6.40. The molecule has 1 aromatic carbocycles. The van der Waals surface area contributed by atoms with Gasteiger partial charge in [-0.15, -0.1) is 11.3 Å². The van der Waals surface area contributed by atoms with E-state index in [1.807, 2.05) is 49.2 Å². The Morgan fingerprint density at radius 2 is 2.07 bits per heavy atom. The Morgan fingerprint density at radius 3 is 2.79 bits per heavy atom. The van der Waals surface area contributed by atoms with E-state index in [2.05, 4.69) is 14.9 Å². The van der Waals surface area contributed by atoms with Crippen LogP contribution >= 0.6 is 11.3 Å². The summed E-state index contributed by atoms with van der Waals surface area (Å²) in [7, 11) is 0. The lowest BCUT2D eigenvalue weighted by Crippen LogP contribution is -2.29. The Balaban J connectivity index is 1.48. The van der Waals surface area contributed by atoms with E-state index in [9.17, 15) is 9.59 Å². The van der Waals surface area contributed by atoms with Crippen molar-refractivity contribution >= 4 is 28.8 Å². The summed E-state index contributed by atoms with van der Waals surface area (Å²) in [6, 6.07) is 9.49. The molecule has 1 fully saturated rings. The number of likely N-dealkylation sites (tertiary alicyclic amines) is 1. The molecule has 0 bridgehead atoms. The molecule has 7 heteroatoms. The van der Waals surface area contributed by atoms with Crippen LogP contribution in [0.15, 0.2) is 49.1 Å². The van der Waals surface area contributed by atoms with Crippen LogP contribution < -0.4 is 5.32 Å². The van der Waals surface area contributed by atoms with Crippen LogP contribution in [0.5, 0.6) is 0 Å². The van der Waals surface area contributed by atoms with Crippen LogP contribution in [-0.2, 0) is 0 Å². The van der Waals surface area contributed by atoms with E-state index >= 15 is 0 Å². The zero-order valence-corrected chi connectivity index (χ0v) is 16.7. The molecule has 0 aliphatic carbocycles. The van der Waals surface area contributed by atoms with Crippen LogP contribution in [0.25, 0.3) is 0 Å². The van der Waals surface area contributed by atoms with Gasteiger partial charge in [-0.25, -0.2) is 4.98 Å². The highest BCUT2D eigenvalue weighted by atomic mass is 32.1. The third-order valence-electron chi connectivity index (χ3n) is 5.09. The highest BCUT2D eigenvalue weighted by Crippen LogP contribution is 2.25. The third kappa shape index (κ3) is 3.71. The fraction of sp³-hybridized carbons (Fsp3) is 0.286. The highest BCUT2D eigenvalue weighted by molar-refractivity contribution is 7.14. The lowest BCUT2D eigenvalue weighted by atomic mass is 10.1. The van der Waals surface area contributed by atoms with Crippen molar-refractivity contribution in [3.63, 3.8) is 0 Å². The summed E-state index contributed by atoms with van der Waals surface area (Å²) in [5.74, 6) is -0.155. The average molecular weight is 395 g/mol. The minimum atomic E-state index is -0.146. The molecule has 1 saturated heterocycles. The van der Waals surface area contributed by atoms with Crippen LogP contribution in [0.1, 0.15) is 42.9 Å². The molecule has 0 radical (unpaired) electrons. The van der Waals surface area contributed by atoms with Gasteiger partial charge in [0.1, 0.15) is 0 Å². The first-order valence-corrected chi connectivity index (χ1v) is 10.1. The average Bonchev–Trinajstić information content (AvgIpc) is 3.43. The largest absolute Gasteiger partial charge is 0.336 e. The number of rotatable bonds is 4. The summed E-state index contributed by atoms with van der Waals surface area (Å²) in [5, 5.41) is 2.95. The maximum Gasteiger partial charge on any atom is 0.265 e. The van der Waals surface area contributed by atoms with E-state index in [-0.39, 0.29) is 17.9 Å². The van der Waals surface area contributed by atoms with Crippen LogP contribution in [0, 0.1) is 13.8 Å². The normalized spacial score (nSPS) is 16.4. The smallest absolute Gasteiger partial charge is 0.265 e. The molecule has 4 rings (SSSR count). The van der Waals surface area contributed by atoms with Gasteiger partial charge in [0.2, 0.25) is 0 Å². The molecule has 3 heterocycles. The Morgan fingerprint density at radius 1 is 1.21 bits per heavy atom. The number of carbonyl (C=O) groups excluding carboxylic acids is 2. The van der Waals surface area contributed by atoms with Gasteiger partial charge in [0.15, 0.2) is 0 Å². The molecule has 1 N–H and O–H groups in total.